The maximum atomic E-state index is 10.2. The van der Waals surface area contributed by atoms with Gasteiger partial charge in [-0.25, -0.2) is 0 Å². The summed E-state index contributed by atoms with van der Waals surface area (Å²) in [5.41, 5.74) is 1.70. The van der Waals surface area contributed by atoms with Crippen molar-refractivity contribution in [2.45, 2.75) is 44.6 Å². The fourth-order valence-electron chi connectivity index (χ4n) is 2.66. The number of benzene rings is 1. The number of rotatable bonds is 1. The third kappa shape index (κ3) is 1.77. The molecule has 0 bridgehead atoms. The number of aliphatic hydroxyl groups is 1. The second-order valence-corrected chi connectivity index (χ2v) is 5.59. The number of aromatic hydroxyl groups is 1. The van der Waals surface area contributed by atoms with Crippen LogP contribution in [-0.2, 0) is 5.41 Å². The number of aryl methyl sites for hydroxylation is 1. The van der Waals surface area contributed by atoms with Gasteiger partial charge in [0.05, 0.1) is 5.60 Å². The van der Waals surface area contributed by atoms with Crippen molar-refractivity contribution < 1.29 is 10.2 Å². The Bertz CT molecular complexity index is 474. The molecule has 1 aliphatic carbocycles. The van der Waals surface area contributed by atoms with Crippen molar-refractivity contribution in [1.29, 1.82) is 0 Å². The van der Waals surface area contributed by atoms with E-state index in [9.17, 15) is 10.2 Å². The molecule has 1 saturated carbocycles. The molecule has 2 rings (SSSR count). The van der Waals surface area contributed by atoms with Gasteiger partial charge in [-0.1, -0.05) is 25.6 Å². The Labute approximate surface area is 103 Å². The van der Waals surface area contributed by atoms with Crippen LogP contribution in [0.3, 0.4) is 0 Å². The third-order valence-electron chi connectivity index (χ3n) is 4.27. The third-order valence-corrected chi connectivity index (χ3v) is 4.27. The van der Waals surface area contributed by atoms with Gasteiger partial charge in [0, 0.05) is 5.41 Å². The van der Waals surface area contributed by atoms with E-state index in [0.29, 0.717) is 5.75 Å². The minimum absolute atomic E-state index is 0.241. The molecular formula is C15H20O2. The summed E-state index contributed by atoms with van der Waals surface area (Å²) in [7, 11) is 0. The molecule has 2 heteroatoms. The Kier molecular flexibility index (Phi) is 2.58. The summed E-state index contributed by atoms with van der Waals surface area (Å²) in [5, 5.41) is 20.0. The summed E-state index contributed by atoms with van der Waals surface area (Å²) in [6.07, 6.45) is 1.58. The average Bonchev–Trinajstić information content (AvgIpc) is 2.48. The van der Waals surface area contributed by atoms with Gasteiger partial charge < -0.3 is 10.2 Å². The second-order valence-electron chi connectivity index (χ2n) is 5.59. The molecule has 1 aromatic carbocycles. The van der Waals surface area contributed by atoms with Crippen molar-refractivity contribution in [3.8, 4) is 5.75 Å². The lowest BCUT2D eigenvalue weighted by Crippen LogP contribution is -2.28. The van der Waals surface area contributed by atoms with E-state index in [1.54, 1.807) is 6.07 Å². The van der Waals surface area contributed by atoms with Crippen LogP contribution in [0.5, 0.6) is 5.75 Å². The Hall–Kier alpha value is -1.28. The molecule has 0 heterocycles. The molecule has 1 fully saturated rings. The first-order valence-corrected chi connectivity index (χ1v) is 6.00. The lowest BCUT2D eigenvalue weighted by atomic mass is 9.76. The summed E-state index contributed by atoms with van der Waals surface area (Å²) in [6.45, 7) is 9.83. The Morgan fingerprint density at radius 1 is 1.24 bits per heavy atom. The molecule has 1 aliphatic rings. The smallest absolute Gasteiger partial charge is 0.118 e. The summed E-state index contributed by atoms with van der Waals surface area (Å²) in [4.78, 5) is 0. The molecule has 0 aromatic heterocycles. The first-order valence-electron chi connectivity index (χ1n) is 6.00. The maximum absolute atomic E-state index is 10.2. The molecule has 2 N–H and O–H groups in total. The van der Waals surface area contributed by atoms with Crippen LogP contribution < -0.4 is 0 Å². The van der Waals surface area contributed by atoms with Gasteiger partial charge in [-0.15, -0.1) is 0 Å². The fraction of sp³-hybridized carbons (Fsp3) is 0.467. The summed E-state index contributed by atoms with van der Waals surface area (Å²) in [5.74, 6) is 0.308. The number of hydrogen-bond acceptors (Lipinski definition) is 2. The van der Waals surface area contributed by atoms with E-state index in [2.05, 4.69) is 13.5 Å². The topological polar surface area (TPSA) is 40.5 Å². The van der Waals surface area contributed by atoms with E-state index in [-0.39, 0.29) is 5.41 Å². The monoisotopic (exact) mass is 232 g/mol. The van der Waals surface area contributed by atoms with Crippen LogP contribution in [0.15, 0.2) is 30.4 Å². The lowest BCUT2D eigenvalue weighted by molar-refractivity contribution is 0.105. The number of phenols is 1. The predicted molar refractivity (Wildman–Crippen MR) is 69.2 cm³/mol. The van der Waals surface area contributed by atoms with Crippen molar-refractivity contribution in [2.24, 2.45) is 0 Å². The zero-order valence-electron chi connectivity index (χ0n) is 10.7. The highest BCUT2D eigenvalue weighted by Gasteiger charge is 2.46. The highest BCUT2D eigenvalue weighted by Crippen LogP contribution is 2.49. The number of phenolic OH excluding ortho intramolecular Hbond substituents is 1. The van der Waals surface area contributed by atoms with Crippen LogP contribution in [0.2, 0.25) is 0 Å². The summed E-state index contributed by atoms with van der Waals surface area (Å²) >= 11 is 0. The molecule has 1 aromatic rings. The van der Waals surface area contributed by atoms with Crippen molar-refractivity contribution in [1.82, 2.24) is 0 Å². The van der Waals surface area contributed by atoms with Gasteiger partial charge in [0.2, 0.25) is 0 Å². The predicted octanol–water partition coefficient (Wildman–Crippen LogP) is 3.06. The molecule has 0 spiro atoms. The minimum atomic E-state index is -0.796. The van der Waals surface area contributed by atoms with Crippen molar-refractivity contribution in [3.63, 3.8) is 0 Å². The fourth-order valence-corrected chi connectivity index (χ4v) is 2.66. The molecule has 2 unspecified atom stereocenters. The molecule has 2 nitrogen and oxygen atoms in total. The Morgan fingerprint density at radius 2 is 1.88 bits per heavy atom. The average molecular weight is 232 g/mol. The summed E-state index contributed by atoms with van der Waals surface area (Å²) < 4.78 is 0. The van der Waals surface area contributed by atoms with Crippen LogP contribution in [0, 0.1) is 6.92 Å². The van der Waals surface area contributed by atoms with Gasteiger partial charge >= 0.3 is 0 Å². The van der Waals surface area contributed by atoms with E-state index in [0.717, 1.165) is 29.5 Å². The van der Waals surface area contributed by atoms with Gasteiger partial charge in [-0.3, -0.25) is 0 Å². The molecule has 0 saturated heterocycles. The van der Waals surface area contributed by atoms with E-state index in [1.165, 1.54) is 0 Å². The van der Waals surface area contributed by atoms with E-state index in [1.807, 2.05) is 26.0 Å². The zero-order valence-corrected chi connectivity index (χ0v) is 10.7. The van der Waals surface area contributed by atoms with Crippen LogP contribution in [-0.4, -0.2) is 15.8 Å². The van der Waals surface area contributed by atoms with Crippen molar-refractivity contribution in [2.75, 3.05) is 0 Å². The largest absolute Gasteiger partial charge is 0.508 e. The Morgan fingerprint density at radius 3 is 2.35 bits per heavy atom. The standard InChI is InChI=1S/C15H20O2/c1-10-5-6-12(9-13(10)16)14(3)7-8-15(4,17)11(14)2/h5-6,9,16-17H,2,7-8H2,1,3-4H3. The van der Waals surface area contributed by atoms with E-state index >= 15 is 0 Å². The molecule has 0 aliphatic heterocycles. The van der Waals surface area contributed by atoms with Crippen molar-refractivity contribution >= 4 is 0 Å². The molecular weight excluding hydrogens is 212 g/mol. The highest BCUT2D eigenvalue weighted by atomic mass is 16.3. The molecule has 2 atom stereocenters. The normalized spacial score (nSPS) is 33.1. The molecule has 0 amide bonds. The van der Waals surface area contributed by atoms with Crippen LogP contribution in [0.25, 0.3) is 0 Å². The highest BCUT2D eigenvalue weighted by molar-refractivity contribution is 5.46. The van der Waals surface area contributed by atoms with Gasteiger partial charge in [0.25, 0.3) is 0 Å². The Balaban J connectivity index is 2.46. The first kappa shape index (κ1) is 12.2. The molecule has 0 radical (unpaired) electrons. The van der Waals surface area contributed by atoms with Gasteiger partial charge in [0.1, 0.15) is 5.75 Å². The van der Waals surface area contributed by atoms with Gasteiger partial charge in [-0.05, 0) is 49.5 Å². The van der Waals surface area contributed by atoms with Crippen LogP contribution in [0.1, 0.15) is 37.8 Å². The van der Waals surface area contributed by atoms with E-state index in [4.69, 9.17) is 0 Å². The van der Waals surface area contributed by atoms with Crippen LogP contribution in [0.4, 0.5) is 0 Å². The van der Waals surface area contributed by atoms with Crippen molar-refractivity contribution in [3.05, 3.63) is 41.5 Å². The summed E-state index contributed by atoms with van der Waals surface area (Å²) in [6, 6.07) is 5.72. The second kappa shape index (κ2) is 3.61. The minimum Gasteiger partial charge on any atom is -0.508 e. The maximum Gasteiger partial charge on any atom is 0.118 e. The van der Waals surface area contributed by atoms with Gasteiger partial charge in [-0.2, -0.15) is 0 Å². The molecule has 17 heavy (non-hydrogen) atoms. The van der Waals surface area contributed by atoms with Gasteiger partial charge in [0.15, 0.2) is 0 Å². The SMILES string of the molecule is C=C1C(C)(O)CCC1(C)c1ccc(C)c(O)c1. The van der Waals surface area contributed by atoms with Crippen LogP contribution >= 0.6 is 0 Å². The van der Waals surface area contributed by atoms with E-state index < -0.39 is 5.60 Å². The zero-order chi connectivity index (χ0) is 12.8. The number of hydrogen-bond donors (Lipinski definition) is 2. The molecule has 92 valence electrons. The quantitative estimate of drug-likeness (QED) is 0.731. The lowest BCUT2D eigenvalue weighted by Gasteiger charge is -2.30. The first-order chi connectivity index (χ1) is 7.77.